The average Bonchev–Trinajstić information content (AvgIpc) is 3.35. The molecule has 0 unspecified atom stereocenters. The third kappa shape index (κ3) is 4.83. The summed E-state index contributed by atoms with van der Waals surface area (Å²) in [6, 6.07) is 8.68. The summed E-state index contributed by atoms with van der Waals surface area (Å²) >= 11 is 1.16. The molecule has 0 aliphatic carbocycles. The monoisotopic (exact) mass is 461 g/mol. The van der Waals surface area contributed by atoms with E-state index in [9.17, 15) is 13.2 Å². The summed E-state index contributed by atoms with van der Waals surface area (Å²) in [5.41, 5.74) is 1.79. The summed E-state index contributed by atoms with van der Waals surface area (Å²) in [7, 11) is -3.47. The highest BCUT2D eigenvalue weighted by atomic mass is 32.2. The molecule has 1 aliphatic rings. The van der Waals surface area contributed by atoms with Crippen LogP contribution in [0.1, 0.15) is 50.8 Å². The highest BCUT2D eigenvalue weighted by Gasteiger charge is 2.27. The first-order chi connectivity index (χ1) is 14.6. The van der Waals surface area contributed by atoms with E-state index >= 15 is 0 Å². The van der Waals surface area contributed by atoms with Crippen molar-refractivity contribution in [2.24, 2.45) is 0 Å². The van der Waals surface area contributed by atoms with Crippen LogP contribution < -0.4 is 5.32 Å². The molecule has 3 heterocycles. The standard InChI is InChI=1S/C22H27N3O4S2/c1-22(2,3)21-24-17-13-15(7-9-18(17)29-21)23-19(26)14-16-8-10-20(30-16)31(27,28)25-11-5-4-6-12-25/h7-10,13H,4-6,11-12,14H2,1-3H3,(H,23,26). The lowest BCUT2D eigenvalue weighted by molar-refractivity contribution is -0.115. The molecule has 1 aliphatic heterocycles. The second-order valence-electron chi connectivity index (χ2n) is 8.86. The van der Waals surface area contributed by atoms with Crippen LogP contribution in [-0.2, 0) is 26.7 Å². The number of carbonyl (C=O) groups excluding carboxylic acids is 1. The van der Waals surface area contributed by atoms with E-state index in [1.807, 2.05) is 20.8 Å². The van der Waals surface area contributed by atoms with Crippen LogP contribution in [0.5, 0.6) is 0 Å². The second kappa shape index (κ2) is 8.37. The maximum Gasteiger partial charge on any atom is 0.252 e. The molecule has 7 nitrogen and oxygen atoms in total. The molecule has 1 aromatic carbocycles. The van der Waals surface area contributed by atoms with E-state index in [4.69, 9.17) is 4.42 Å². The topological polar surface area (TPSA) is 92.5 Å². The number of piperidine rings is 1. The number of aromatic nitrogens is 1. The molecule has 0 atom stereocenters. The van der Waals surface area contributed by atoms with Gasteiger partial charge < -0.3 is 9.73 Å². The molecule has 0 radical (unpaired) electrons. The van der Waals surface area contributed by atoms with Gasteiger partial charge in [0.05, 0.1) is 6.42 Å². The first-order valence-electron chi connectivity index (χ1n) is 10.4. The Labute approximate surface area is 186 Å². The van der Waals surface area contributed by atoms with Crippen molar-refractivity contribution in [2.45, 2.75) is 56.1 Å². The zero-order chi connectivity index (χ0) is 22.2. The molecule has 4 rings (SSSR count). The maximum atomic E-state index is 12.8. The Bertz CT molecular complexity index is 1200. The lowest BCUT2D eigenvalue weighted by Gasteiger charge is -2.25. The molecule has 0 spiro atoms. The minimum atomic E-state index is -3.47. The van der Waals surface area contributed by atoms with Crippen molar-refractivity contribution >= 4 is 44.1 Å². The summed E-state index contributed by atoms with van der Waals surface area (Å²) < 4.78 is 33.2. The maximum absolute atomic E-state index is 12.8. The molecule has 1 saturated heterocycles. The van der Waals surface area contributed by atoms with Crippen LogP contribution in [0.15, 0.2) is 39.0 Å². The van der Waals surface area contributed by atoms with Crippen molar-refractivity contribution in [2.75, 3.05) is 18.4 Å². The number of nitrogens with zero attached hydrogens (tertiary/aromatic N) is 2. The number of hydrogen-bond acceptors (Lipinski definition) is 6. The van der Waals surface area contributed by atoms with E-state index in [0.717, 1.165) is 30.6 Å². The number of thiophene rings is 1. The van der Waals surface area contributed by atoms with Crippen LogP contribution in [0.2, 0.25) is 0 Å². The van der Waals surface area contributed by atoms with E-state index in [2.05, 4.69) is 10.3 Å². The molecular weight excluding hydrogens is 434 g/mol. The minimum absolute atomic E-state index is 0.115. The van der Waals surface area contributed by atoms with Gasteiger partial charge >= 0.3 is 0 Å². The number of anilines is 1. The minimum Gasteiger partial charge on any atom is -0.440 e. The average molecular weight is 462 g/mol. The first-order valence-corrected chi connectivity index (χ1v) is 12.7. The van der Waals surface area contributed by atoms with Crippen molar-refractivity contribution in [1.82, 2.24) is 9.29 Å². The van der Waals surface area contributed by atoms with Crippen molar-refractivity contribution in [3.05, 3.63) is 41.1 Å². The predicted molar refractivity (Wildman–Crippen MR) is 122 cm³/mol. The molecule has 0 bridgehead atoms. The second-order valence-corrected chi connectivity index (χ2v) is 12.2. The normalized spacial score (nSPS) is 16.0. The first kappa shape index (κ1) is 22.0. The van der Waals surface area contributed by atoms with Crippen molar-refractivity contribution in [3.8, 4) is 0 Å². The summed E-state index contributed by atoms with van der Waals surface area (Å²) in [6.07, 6.45) is 2.98. The molecule has 1 amide bonds. The highest BCUT2D eigenvalue weighted by Crippen LogP contribution is 2.29. The third-order valence-electron chi connectivity index (χ3n) is 5.19. The van der Waals surface area contributed by atoms with Crippen molar-refractivity contribution in [3.63, 3.8) is 0 Å². The predicted octanol–water partition coefficient (Wildman–Crippen LogP) is 4.54. The number of hydrogen-bond donors (Lipinski definition) is 1. The Hall–Kier alpha value is -2.23. The Morgan fingerprint density at radius 2 is 1.90 bits per heavy atom. The van der Waals surface area contributed by atoms with E-state index in [1.54, 1.807) is 34.6 Å². The third-order valence-corrected chi connectivity index (χ3v) is 8.65. The van der Waals surface area contributed by atoms with Crippen LogP contribution in [0, 0.1) is 0 Å². The quantitative estimate of drug-likeness (QED) is 0.602. The van der Waals surface area contributed by atoms with Gasteiger partial charge in [0, 0.05) is 29.1 Å². The molecule has 1 N–H and O–H groups in total. The van der Waals surface area contributed by atoms with Gasteiger partial charge in [-0.05, 0) is 43.2 Å². The van der Waals surface area contributed by atoms with Gasteiger partial charge in [-0.25, -0.2) is 13.4 Å². The van der Waals surface area contributed by atoms with Crippen LogP contribution in [0.25, 0.3) is 11.1 Å². The largest absolute Gasteiger partial charge is 0.440 e. The molecule has 1 fully saturated rings. The summed E-state index contributed by atoms with van der Waals surface area (Å²) in [5, 5.41) is 2.87. The Morgan fingerprint density at radius 3 is 2.61 bits per heavy atom. The number of fused-ring (bicyclic) bond motifs is 1. The number of nitrogens with one attached hydrogen (secondary N) is 1. The van der Waals surface area contributed by atoms with E-state index in [1.165, 1.54) is 0 Å². The number of oxazole rings is 1. The summed E-state index contributed by atoms with van der Waals surface area (Å²) in [4.78, 5) is 17.8. The zero-order valence-corrected chi connectivity index (χ0v) is 19.6. The number of amides is 1. The molecule has 166 valence electrons. The number of sulfonamides is 1. The number of carbonyl (C=O) groups is 1. The molecular formula is C22H27N3O4S2. The van der Waals surface area contributed by atoms with Crippen LogP contribution in [-0.4, -0.2) is 36.7 Å². The lowest BCUT2D eigenvalue weighted by Crippen LogP contribution is -2.35. The van der Waals surface area contributed by atoms with E-state index in [0.29, 0.717) is 44.9 Å². The molecule has 31 heavy (non-hydrogen) atoms. The molecule has 0 saturated carbocycles. The lowest BCUT2D eigenvalue weighted by atomic mass is 9.97. The Morgan fingerprint density at radius 1 is 1.16 bits per heavy atom. The Balaban J connectivity index is 1.43. The number of rotatable bonds is 5. The van der Waals surface area contributed by atoms with Crippen LogP contribution in [0.4, 0.5) is 5.69 Å². The fourth-order valence-corrected chi connectivity index (χ4v) is 6.54. The zero-order valence-electron chi connectivity index (χ0n) is 18.0. The van der Waals surface area contributed by atoms with Gasteiger partial charge in [0.2, 0.25) is 11.8 Å². The molecule has 2 aromatic heterocycles. The summed E-state index contributed by atoms with van der Waals surface area (Å²) in [6.45, 7) is 7.22. The van der Waals surface area contributed by atoms with Crippen LogP contribution in [0.3, 0.4) is 0 Å². The van der Waals surface area contributed by atoms with Crippen molar-refractivity contribution in [1.29, 1.82) is 0 Å². The molecule has 9 heteroatoms. The van der Waals surface area contributed by atoms with Gasteiger partial charge in [0.25, 0.3) is 10.0 Å². The molecule has 3 aromatic rings. The summed E-state index contributed by atoms with van der Waals surface area (Å²) in [5.74, 6) is 0.440. The highest BCUT2D eigenvalue weighted by molar-refractivity contribution is 7.91. The smallest absolute Gasteiger partial charge is 0.252 e. The van der Waals surface area contributed by atoms with E-state index in [-0.39, 0.29) is 17.7 Å². The fraction of sp³-hybridized carbons (Fsp3) is 0.455. The van der Waals surface area contributed by atoms with Gasteiger partial charge in [-0.15, -0.1) is 11.3 Å². The Kier molecular flexibility index (Phi) is 5.93. The van der Waals surface area contributed by atoms with Crippen molar-refractivity contribution < 1.29 is 17.6 Å². The number of benzene rings is 1. The van der Waals surface area contributed by atoms with Gasteiger partial charge in [-0.1, -0.05) is 27.2 Å². The van der Waals surface area contributed by atoms with Gasteiger partial charge in [0.15, 0.2) is 5.58 Å². The fourth-order valence-electron chi connectivity index (χ4n) is 3.51. The SMILES string of the molecule is CC(C)(C)c1nc2cc(NC(=O)Cc3ccc(S(=O)(=O)N4CCCCC4)s3)ccc2o1. The van der Waals surface area contributed by atoms with Crippen LogP contribution >= 0.6 is 11.3 Å². The van der Waals surface area contributed by atoms with Gasteiger partial charge in [-0.2, -0.15) is 4.31 Å². The van der Waals surface area contributed by atoms with Gasteiger partial charge in [0.1, 0.15) is 9.73 Å². The van der Waals surface area contributed by atoms with E-state index < -0.39 is 10.0 Å². The van der Waals surface area contributed by atoms with Gasteiger partial charge in [-0.3, -0.25) is 4.79 Å².